The molecule has 0 aliphatic carbocycles. The third kappa shape index (κ3) is 6.09. The third-order valence-electron chi connectivity index (χ3n) is 7.07. The number of thiazole rings is 1. The molecule has 0 fully saturated rings. The van der Waals surface area contributed by atoms with Gasteiger partial charge in [-0.2, -0.15) is 0 Å². The standard InChI is InChI=1S/C33H31ClN2O7S/c1-6-42-32(38)29-19(2)35-33-36(30(29)21-12-14-24(39-3)27(17-21)41-5)31(37)28(44-33)16-20-11-13-25(26(15-20)40-4)43-18-22-9-7-8-10-23(22)34/h7-17,30H,6,18H2,1-5H3. The van der Waals surface area contributed by atoms with Crippen LogP contribution < -0.4 is 33.8 Å². The first-order valence-electron chi connectivity index (χ1n) is 13.7. The molecule has 1 atom stereocenters. The molecule has 0 amide bonds. The van der Waals surface area contributed by atoms with E-state index in [-0.39, 0.29) is 24.3 Å². The van der Waals surface area contributed by atoms with Gasteiger partial charge >= 0.3 is 5.97 Å². The average molecular weight is 635 g/mol. The van der Waals surface area contributed by atoms with Crippen LogP contribution in [0.5, 0.6) is 23.0 Å². The topological polar surface area (TPSA) is 97.6 Å². The third-order valence-corrected chi connectivity index (χ3v) is 8.42. The van der Waals surface area contributed by atoms with Gasteiger partial charge in [0.1, 0.15) is 6.61 Å². The van der Waals surface area contributed by atoms with Gasteiger partial charge in [0.15, 0.2) is 27.8 Å². The number of ether oxygens (including phenoxy) is 5. The van der Waals surface area contributed by atoms with Crippen LogP contribution in [-0.2, 0) is 16.1 Å². The van der Waals surface area contributed by atoms with Crippen molar-refractivity contribution >= 4 is 35.0 Å². The van der Waals surface area contributed by atoms with Gasteiger partial charge in [0, 0.05) is 10.6 Å². The Hall–Kier alpha value is -4.54. The molecule has 1 aromatic heterocycles. The molecule has 0 saturated carbocycles. The number of carbonyl (C=O) groups excluding carboxylic acids is 1. The van der Waals surface area contributed by atoms with E-state index < -0.39 is 12.0 Å². The van der Waals surface area contributed by atoms with Crippen molar-refractivity contribution in [2.75, 3.05) is 27.9 Å². The fourth-order valence-electron chi connectivity index (χ4n) is 4.95. The normalized spacial score (nSPS) is 14.5. The number of hydrogen-bond acceptors (Lipinski definition) is 9. The molecule has 9 nitrogen and oxygen atoms in total. The number of carbonyl (C=O) groups is 1. The lowest BCUT2D eigenvalue weighted by Gasteiger charge is -2.25. The van der Waals surface area contributed by atoms with Crippen LogP contribution in [0.3, 0.4) is 0 Å². The summed E-state index contributed by atoms with van der Waals surface area (Å²) in [5, 5.41) is 0.617. The predicted molar refractivity (Wildman–Crippen MR) is 169 cm³/mol. The molecular weight excluding hydrogens is 604 g/mol. The Bertz CT molecular complexity index is 1930. The number of aromatic nitrogens is 1. The lowest BCUT2D eigenvalue weighted by molar-refractivity contribution is -0.139. The first kappa shape index (κ1) is 30.9. The highest BCUT2D eigenvalue weighted by molar-refractivity contribution is 7.07. The number of halogens is 1. The molecule has 44 heavy (non-hydrogen) atoms. The Morgan fingerprint density at radius 2 is 1.68 bits per heavy atom. The highest BCUT2D eigenvalue weighted by Gasteiger charge is 2.34. The van der Waals surface area contributed by atoms with Gasteiger partial charge in [0.05, 0.1) is 49.8 Å². The second-order valence-electron chi connectivity index (χ2n) is 9.71. The molecule has 3 aromatic carbocycles. The van der Waals surface area contributed by atoms with Crippen LogP contribution in [0.15, 0.2) is 81.7 Å². The monoisotopic (exact) mass is 634 g/mol. The van der Waals surface area contributed by atoms with Crippen LogP contribution in [0.25, 0.3) is 6.08 Å². The number of allylic oxidation sites excluding steroid dienone is 1. The van der Waals surface area contributed by atoms with Gasteiger partial charge < -0.3 is 23.7 Å². The Balaban J connectivity index is 1.57. The summed E-state index contributed by atoms with van der Waals surface area (Å²) in [6, 6.07) is 17.4. The van der Waals surface area contributed by atoms with Crippen molar-refractivity contribution in [1.29, 1.82) is 0 Å². The molecule has 0 spiro atoms. The fourth-order valence-corrected chi connectivity index (χ4v) is 6.18. The van der Waals surface area contributed by atoms with E-state index in [1.165, 1.54) is 23.0 Å². The van der Waals surface area contributed by atoms with E-state index >= 15 is 0 Å². The minimum Gasteiger partial charge on any atom is -0.493 e. The van der Waals surface area contributed by atoms with Crippen LogP contribution in [0.2, 0.25) is 5.02 Å². The Morgan fingerprint density at radius 1 is 0.977 bits per heavy atom. The maximum atomic E-state index is 14.0. The fraction of sp³-hybridized carbons (Fsp3) is 0.242. The lowest BCUT2D eigenvalue weighted by atomic mass is 9.95. The Kier molecular flexibility index (Phi) is 9.41. The zero-order chi connectivity index (χ0) is 31.4. The van der Waals surface area contributed by atoms with E-state index in [9.17, 15) is 9.59 Å². The molecule has 2 heterocycles. The van der Waals surface area contributed by atoms with E-state index in [2.05, 4.69) is 4.99 Å². The zero-order valence-electron chi connectivity index (χ0n) is 24.9. The highest BCUT2D eigenvalue weighted by Crippen LogP contribution is 2.36. The van der Waals surface area contributed by atoms with E-state index in [1.54, 1.807) is 64.5 Å². The molecule has 0 bridgehead atoms. The van der Waals surface area contributed by atoms with Gasteiger partial charge in [0.25, 0.3) is 5.56 Å². The van der Waals surface area contributed by atoms with Crippen molar-refractivity contribution in [2.45, 2.75) is 26.5 Å². The summed E-state index contributed by atoms with van der Waals surface area (Å²) in [6.07, 6.45) is 1.76. The summed E-state index contributed by atoms with van der Waals surface area (Å²) in [6.45, 7) is 3.92. The molecule has 1 aliphatic heterocycles. The molecule has 1 unspecified atom stereocenters. The van der Waals surface area contributed by atoms with Crippen molar-refractivity contribution in [3.63, 3.8) is 0 Å². The minimum atomic E-state index is -0.789. The second-order valence-corrected chi connectivity index (χ2v) is 11.1. The molecular formula is C33H31ClN2O7S. The van der Waals surface area contributed by atoms with Gasteiger partial charge in [-0.05, 0) is 61.4 Å². The first-order chi connectivity index (χ1) is 21.3. The second kappa shape index (κ2) is 13.4. The van der Waals surface area contributed by atoms with E-state index in [4.69, 9.17) is 35.3 Å². The highest BCUT2D eigenvalue weighted by atomic mass is 35.5. The Labute approximate surface area is 263 Å². The summed E-state index contributed by atoms with van der Waals surface area (Å²) in [5.41, 5.74) is 2.66. The Morgan fingerprint density at radius 3 is 2.39 bits per heavy atom. The van der Waals surface area contributed by atoms with Gasteiger partial charge in [-0.25, -0.2) is 9.79 Å². The molecule has 1 aliphatic rings. The van der Waals surface area contributed by atoms with Gasteiger partial charge in [-0.3, -0.25) is 9.36 Å². The quantitative estimate of drug-likeness (QED) is 0.225. The molecule has 11 heteroatoms. The van der Waals surface area contributed by atoms with E-state index in [0.29, 0.717) is 48.6 Å². The summed E-state index contributed by atoms with van der Waals surface area (Å²) >= 11 is 7.50. The van der Waals surface area contributed by atoms with Gasteiger partial charge in [0.2, 0.25) is 0 Å². The molecule has 4 aromatic rings. The van der Waals surface area contributed by atoms with Crippen molar-refractivity contribution in [2.24, 2.45) is 4.99 Å². The summed E-state index contributed by atoms with van der Waals surface area (Å²) < 4.78 is 29.8. The van der Waals surface area contributed by atoms with Crippen LogP contribution in [0.4, 0.5) is 0 Å². The van der Waals surface area contributed by atoms with E-state index in [0.717, 1.165) is 11.1 Å². The van der Waals surface area contributed by atoms with Gasteiger partial charge in [-0.1, -0.05) is 53.3 Å². The molecule has 0 N–H and O–H groups in total. The largest absolute Gasteiger partial charge is 0.493 e. The molecule has 5 rings (SSSR count). The van der Waals surface area contributed by atoms with Crippen LogP contribution >= 0.6 is 22.9 Å². The number of hydrogen-bond donors (Lipinski definition) is 0. The SMILES string of the molecule is CCOC(=O)C1=C(C)N=c2sc(=Cc3ccc(OCc4ccccc4Cl)c(OC)c3)c(=O)n2C1c1ccc(OC)c(OC)c1. The van der Waals surface area contributed by atoms with Crippen molar-refractivity contribution in [3.05, 3.63) is 113 Å². The van der Waals surface area contributed by atoms with Crippen molar-refractivity contribution < 1.29 is 28.5 Å². The van der Waals surface area contributed by atoms with Gasteiger partial charge in [-0.15, -0.1) is 0 Å². The maximum Gasteiger partial charge on any atom is 0.338 e. The van der Waals surface area contributed by atoms with Crippen LogP contribution in [0, 0.1) is 0 Å². The first-order valence-corrected chi connectivity index (χ1v) is 14.9. The number of fused-ring (bicyclic) bond motifs is 1. The minimum absolute atomic E-state index is 0.179. The van der Waals surface area contributed by atoms with Crippen molar-refractivity contribution in [3.8, 4) is 23.0 Å². The number of esters is 1. The maximum absolute atomic E-state index is 14.0. The van der Waals surface area contributed by atoms with Crippen LogP contribution in [-0.4, -0.2) is 38.5 Å². The lowest BCUT2D eigenvalue weighted by Crippen LogP contribution is -2.39. The number of benzene rings is 3. The number of methoxy groups -OCH3 is 3. The molecule has 0 radical (unpaired) electrons. The van der Waals surface area contributed by atoms with E-state index in [1.807, 2.05) is 30.3 Å². The predicted octanol–water partition coefficient (Wildman–Crippen LogP) is 5.06. The average Bonchev–Trinajstić information content (AvgIpc) is 3.33. The number of nitrogens with zero attached hydrogens (tertiary/aromatic N) is 2. The summed E-state index contributed by atoms with van der Waals surface area (Å²) in [4.78, 5) is 32.3. The smallest absolute Gasteiger partial charge is 0.338 e. The molecule has 0 saturated heterocycles. The summed E-state index contributed by atoms with van der Waals surface area (Å²) in [5.74, 6) is 1.49. The summed E-state index contributed by atoms with van der Waals surface area (Å²) in [7, 11) is 4.63. The van der Waals surface area contributed by atoms with Crippen molar-refractivity contribution in [1.82, 2.24) is 4.57 Å². The van der Waals surface area contributed by atoms with Crippen LogP contribution in [0.1, 0.15) is 36.6 Å². The number of rotatable bonds is 10. The zero-order valence-corrected chi connectivity index (χ0v) is 26.5. The molecule has 228 valence electrons.